The molecule has 2 aromatic rings. The zero-order valence-electron chi connectivity index (χ0n) is 13.2. The molecule has 0 aliphatic carbocycles. The maximum atomic E-state index is 13.8. The number of halogens is 1. The van der Waals surface area contributed by atoms with Gasteiger partial charge in [0.15, 0.2) is 0 Å². The van der Waals surface area contributed by atoms with Crippen LogP contribution in [0.1, 0.15) is 5.56 Å². The number of carbonyl (C=O) groups excluding carboxylic acids is 1. The van der Waals surface area contributed by atoms with Crippen molar-refractivity contribution in [2.75, 3.05) is 39.9 Å². The number of ether oxygens (including phenoxy) is 1. The second kappa shape index (κ2) is 7.02. The van der Waals surface area contributed by atoms with Gasteiger partial charge in [-0.3, -0.25) is 14.7 Å². The van der Waals surface area contributed by atoms with Crippen LogP contribution in [0.25, 0.3) is 10.9 Å². The van der Waals surface area contributed by atoms with E-state index in [9.17, 15) is 9.18 Å². The van der Waals surface area contributed by atoms with Gasteiger partial charge in [0, 0.05) is 51.4 Å². The molecule has 0 radical (unpaired) electrons. The second-order valence-corrected chi connectivity index (χ2v) is 5.73. The molecular formula is C17H20FN3O2. The van der Waals surface area contributed by atoms with Crippen LogP contribution in [-0.4, -0.2) is 60.6 Å². The molecule has 0 bridgehead atoms. The predicted molar refractivity (Wildman–Crippen MR) is 85.4 cm³/mol. The molecule has 0 N–H and O–H groups in total. The number of hydrogen-bond acceptors (Lipinski definition) is 4. The lowest BCUT2D eigenvalue weighted by atomic mass is 10.1. The van der Waals surface area contributed by atoms with E-state index in [1.165, 1.54) is 13.2 Å². The molecule has 1 aliphatic heterocycles. The number of pyridine rings is 1. The van der Waals surface area contributed by atoms with E-state index in [4.69, 9.17) is 4.74 Å². The molecule has 6 heteroatoms. The number of benzene rings is 1. The Bertz CT molecular complexity index is 699. The van der Waals surface area contributed by atoms with Crippen molar-refractivity contribution in [2.24, 2.45) is 0 Å². The molecule has 3 rings (SSSR count). The number of rotatable bonds is 4. The van der Waals surface area contributed by atoms with Gasteiger partial charge in [-0.2, -0.15) is 0 Å². The molecule has 0 unspecified atom stereocenters. The van der Waals surface area contributed by atoms with E-state index in [1.54, 1.807) is 12.3 Å². The average molecular weight is 317 g/mol. The largest absolute Gasteiger partial charge is 0.375 e. The molecule has 0 atom stereocenters. The van der Waals surface area contributed by atoms with Crippen molar-refractivity contribution in [1.29, 1.82) is 0 Å². The van der Waals surface area contributed by atoms with Gasteiger partial charge in [-0.25, -0.2) is 4.39 Å². The van der Waals surface area contributed by atoms with E-state index in [0.29, 0.717) is 19.6 Å². The number of nitrogens with zero attached hydrogens (tertiary/aromatic N) is 3. The number of fused-ring (bicyclic) bond motifs is 1. The summed E-state index contributed by atoms with van der Waals surface area (Å²) in [4.78, 5) is 20.2. The molecule has 1 fully saturated rings. The third kappa shape index (κ3) is 3.65. The molecule has 1 saturated heterocycles. The Labute approximate surface area is 134 Å². The Hall–Kier alpha value is -2.05. The zero-order valence-corrected chi connectivity index (χ0v) is 13.2. The summed E-state index contributed by atoms with van der Waals surface area (Å²) in [6.07, 6.45) is 1.73. The summed E-state index contributed by atoms with van der Waals surface area (Å²) in [6, 6.07) is 6.74. The molecule has 2 heterocycles. The number of piperazine rings is 1. The van der Waals surface area contributed by atoms with Crippen molar-refractivity contribution in [2.45, 2.75) is 6.54 Å². The van der Waals surface area contributed by atoms with Gasteiger partial charge < -0.3 is 9.64 Å². The van der Waals surface area contributed by atoms with Crippen LogP contribution in [0, 0.1) is 5.82 Å². The smallest absolute Gasteiger partial charge is 0.248 e. The highest BCUT2D eigenvalue weighted by Crippen LogP contribution is 2.20. The van der Waals surface area contributed by atoms with Crippen molar-refractivity contribution in [3.05, 3.63) is 41.8 Å². The van der Waals surface area contributed by atoms with Gasteiger partial charge in [0.1, 0.15) is 12.4 Å². The first-order valence-corrected chi connectivity index (χ1v) is 7.69. The van der Waals surface area contributed by atoms with Crippen LogP contribution in [0.4, 0.5) is 4.39 Å². The van der Waals surface area contributed by atoms with Gasteiger partial charge in [-0.15, -0.1) is 0 Å². The van der Waals surface area contributed by atoms with Crippen LogP contribution in [0.5, 0.6) is 0 Å². The topological polar surface area (TPSA) is 45.7 Å². The fraction of sp³-hybridized carbons (Fsp3) is 0.412. The maximum Gasteiger partial charge on any atom is 0.248 e. The number of carbonyl (C=O) groups is 1. The van der Waals surface area contributed by atoms with E-state index in [1.807, 2.05) is 17.0 Å². The first-order chi connectivity index (χ1) is 11.2. The van der Waals surface area contributed by atoms with Crippen LogP contribution in [0.15, 0.2) is 30.5 Å². The first-order valence-electron chi connectivity index (χ1n) is 7.69. The zero-order chi connectivity index (χ0) is 16.2. The Balaban J connectivity index is 1.68. The Morgan fingerprint density at radius 1 is 1.30 bits per heavy atom. The summed E-state index contributed by atoms with van der Waals surface area (Å²) >= 11 is 0. The molecular weight excluding hydrogens is 297 g/mol. The van der Waals surface area contributed by atoms with Crippen molar-refractivity contribution in [3.63, 3.8) is 0 Å². The van der Waals surface area contributed by atoms with Crippen molar-refractivity contribution >= 4 is 16.8 Å². The van der Waals surface area contributed by atoms with Gasteiger partial charge in [-0.05, 0) is 23.8 Å². The average Bonchev–Trinajstić information content (AvgIpc) is 2.55. The summed E-state index contributed by atoms with van der Waals surface area (Å²) in [5.41, 5.74) is 1.73. The SMILES string of the molecule is COCC(=O)N1CCN(Cc2cc(F)cc3cccnc23)CC1. The highest BCUT2D eigenvalue weighted by atomic mass is 19.1. The van der Waals surface area contributed by atoms with E-state index < -0.39 is 0 Å². The summed E-state index contributed by atoms with van der Waals surface area (Å²) < 4.78 is 18.7. The Kier molecular flexibility index (Phi) is 4.83. The monoisotopic (exact) mass is 317 g/mol. The summed E-state index contributed by atoms with van der Waals surface area (Å²) in [7, 11) is 1.52. The van der Waals surface area contributed by atoms with E-state index in [2.05, 4.69) is 9.88 Å². The van der Waals surface area contributed by atoms with Crippen LogP contribution in [0.2, 0.25) is 0 Å². The van der Waals surface area contributed by atoms with Crippen LogP contribution < -0.4 is 0 Å². The third-order valence-electron chi connectivity index (χ3n) is 4.14. The minimum Gasteiger partial charge on any atom is -0.375 e. The third-order valence-corrected chi connectivity index (χ3v) is 4.14. The highest BCUT2D eigenvalue weighted by Gasteiger charge is 2.21. The predicted octanol–water partition coefficient (Wildman–Crippen LogP) is 1.66. The van der Waals surface area contributed by atoms with Gasteiger partial charge in [0.25, 0.3) is 0 Å². The molecule has 1 aromatic carbocycles. The first kappa shape index (κ1) is 15.8. The lowest BCUT2D eigenvalue weighted by Gasteiger charge is -2.34. The van der Waals surface area contributed by atoms with Gasteiger partial charge in [0.05, 0.1) is 5.52 Å². The summed E-state index contributed by atoms with van der Waals surface area (Å²) in [5, 5.41) is 0.816. The summed E-state index contributed by atoms with van der Waals surface area (Å²) in [6.45, 7) is 3.63. The number of methoxy groups -OCH3 is 1. The van der Waals surface area contributed by atoms with E-state index in [-0.39, 0.29) is 18.3 Å². The molecule has 5 nitrogen and oxygen atoms in total. The number of hydrogen-bond donors (Lipinski definition) is 0. The number of amides is 1. The second-order valence-electron chi connectivity index (χ2n) is 5.73. The minimum atomic E-state index is -0.241. The molecule has 122 valence electrons. The van der Waals surface area contributed by atoms with Gasteiger partial charge in [-0.1, -0.05) is 6.07 Å². The molecule has 1 aromatic heterocycles. The molecule has 0 saturated carbocycles. The van der Waals surface area contributed by atoms with Gasteiger partial charge in [0.2, 0.25) is 5.91 Å². The molecule has 1 amide bonds. The molecule has 1 aliphatic rings. The molecule has 0 spiro atoms. The van der Waals surface area contributed by atoms with E-state index >= 15 is 0 Å². The number of aromatic nitrogens is 1. The fourth-order valence-corrected chi connectivity index (χ4v) is 2.96. The lowest BCUT2D eigenvalue weighted by Crippen LogP contribution is -2.49. The highest BCUT2D eigenvalue weighted by molar-refractivity contribution is 5.81. The van der Waals surface area contributed by atoms with Crippen LogP contribution in [-0.2, 0) is 16.1 Å². The van der Waals surface area contributed by atoms with E-state index in [0.717, 1.165) is 29.6 Å². The van der Waals surface area contributed by atoms with Crippen molar-refractivity contribution < 1.29 is 13.9 Å². The fourth-order valence-electron chi connectivity index (χ4n) is 2.96. The Morgan fingerprint density at radius 2 is 2.09 bits per heavy atom. The normalized spacial score (nSPS) is 16.0. The Morgan fingerprint density at radius 3 is 2.83 bits per heavy atom. The summed E-state index contributed by atoms with van der Waals surface area (Å²) in [5.74, 6) is -0.223. The van der Waals surface area contributed by atoms with Crippen LogP contribution >= 0.6 is 0 Å². The standard InChI is InChI=1S/C17H20FN3O2/c1-23-12-16(22)21-7-5-20(6-8-21)11-14-10-15(18)9-13-3-2-4-19-17(13)14/h2-4,9-10H,5-8,11-12H2,1H3. The van der Waals surface area contributed by atoms with Crippen molar-refractivity contribution in [1.82, 2.24) is 14.8 Å². The van der Waals surface area contributed by atoms with Crippen LogP contribution in [0.3, 0.4) is 0 Å². The quantitative estimate of drug-likeness (QED) is 0.860. The maximum absolute atomic E-state index is 13.8. The van der Waals surface area contributed by atoms with Gasteiger partial charge >= 0.3 is 0 Å². The lowest BCUT2D eigenvalue weighted by molar-refractivity contribution is -0.136. The minimum absolute atomic E-state index is 0.0185. The molecule has 23 heavy (non-hydrogen) atoms. The van der Waals surface area contributed by atoms with Crippen molar-refractivity contribution in [3.8, 4) is 0 Å².